The Hall–Kier alpha value is -3.01. The van der Waals surface area contributed by atoms with Crippen LogP contribution < -0.4 is 14.4 Å². The van der Waals surface area contributed by atoms with E-state index in [-0.39, 0.29) is 35.6 Å². The molecule has 4 rings (SSSR count). The fraction of sp³-hybridized carbons (Fsp3) is 0.381. The molecule has 0 radical (unpaired) electrons. The number of carboxylic acid groups (broad SMARTS) is 1. The van der Waals surface area contributed by atoms with Gasteiger partial charge in [0.25, 0.3) is 0 Å². The Morgan fingerprint density at radius 2 is 1.84 bits per heavy atom. The van der Waals surface area contributed by atoms with Crippen LogP contribution in [0, 0.1) is 0 Å². The van der Waals surface area contributed by atoms with Crippen LogP contribution in [0.4, 0.5) is 23.2 Å². The van der Waals surface area contributed by atoms with Crippen molar-refractivity contribution in [3.8, 4) is 11.5 Å². The van der Waals surface area contributed by atoms with Crippen molar-refractivity contribution in [1.82, 2.24) is 0 Å². The van der Waals surface area contributed by atoms with Gasteiger partial charge in [0, 0.05) is 18.2 Å². The van der Waals surface area contributed by atoms with E-state index in [2.05, 4.69) is 14.2 Å². The van der Waals surface area contributed by atoms with E-state index in [4.69, 9.17) is 5.11 Å². The summed E-state index contributed by atoms with van der Waals surface area (Å²) in [6.07, 6.45) is -2.57. The predicted molar refractivity (Wildman–Crippen MR) is 101 cm³/mol. The maximum atomic E-state index is 13.3. The molecule has 10 heteroatoms. The molecule has 2 aromatic carbocycles. The Labute approximate surface area is 174 Å². The van der Waals surface area contributed by atoms with Crippen LogP contribution in [0.15, 0.2) is 42.5 Å². The lowest BCUT2D eigenvalue weighted by Crippen LogP contribution is -2.45. The second kappa shape index (κ2) is 8.26. The monoisotopic (exact) mass is 441 g/mol. The van der Waals surface area contributed by atoms with Crippen molar-refractivity contribution >= 4 is 11.7 Å². The molecule has 1 N–H and O–H groups in total. The number of piperidine rings is 1. The second-order valence-electron chi connectivity index (χ2n) is 7.40. The van der Waals surface area contributed by atoms with Crippen molar-refractivity contribution in [2.45, 2.75) is 37.7 Å². The van der Waals surface area contributed by atoms with Gasteiger partial charge >= 0.3 is 18.9 Å². The second-order valence-corrected chi connectivity index (χ2v) is 7.40. The highest BCUT2D eigenvalue weighted by Gasteiger charge is 2.43. The fourth-order valence-electron chi connectivity index (χ4n) is 3.99. The van der Waals surface area contributed by atoms with Crippen LogP contribution in [0.2, 0.25) is 0 Å². The normalized spacial score (nSPS) is 22.0. The zero-order valence-corrected chi connectivity index (χ0v) is 16.1. The van der Waals surface area contributed by atoms with Gasteiger partial charge in [-0.2, -0.15) is 8.78 Å². The van der Waals surface area contributed by atoms with Crippen molar-refractivity contribution in [1.29, 1.82) is 0 Å². The van der Waals surface area contributed by atoms with E-state index in [1.165, 1.54) is 24.3 Å². The molecule has 2 unspecified atom stereocenters. The molecule has 2 aromatic rings. The SMILES string of the molecule is O=C(O)c1ccc(N2CC(c3ccc4c(c3)OC(F)(F)O4)CCC2COC(F)F)cc1. The molecule has 166 valence electrons. The minimum Gasteiger partial charge on any atom is -0.478 e. The Morgan fingerprint density at radius 1 is 1.13 bits per heavy atom. The Morgan fingerprint density at radius 3 is 2.52 bits per heavy atom. The smallest absolute Gasteiger partial charge is 0.478 e. The number of carboxylic acids is 1. The van der Waals surface area contributed by atoms with Crippen LogP contribution in [0.5, 0.6) is 11.5 Å². The summed E-state index contributed by atoms with van der Waals surface area (Å²) in [7, 11) is 0. The summed E-state index contributed by atoms with van der Waals surface area (Å²) in [5, 5.41) is 9.10. The highest BCUT2D eigenvalue weighted by atomic mass is 19.3. The van der Waals surface area contributed by atoms with Crippen LogP contribution in [0.3, 0.4) is 0 Å². The molecule has 0 spiro atoms. The van der Waals surface area contributed by atoms with Crippen molar-refractivity contribution in [2.75, 3.05) is 18.1 Å². The molecule has 2 aliphatic heterocycles. The van der Waals surface area contributed by atoms with Crippen molar-refractivity contribution < 1.29 is 41.7 Å². The van der Waals surface area contributed by atoms with Crippen molar-refractivity contribution in [3.05, 3.63) is 53.6 Å². The summed E-state index contributed by atoms with van der Waals surface area (Å²) in [6, 6.07) is 10.4. The zero-order valence-electron chi connectivity index (χ0n) is 16.1. The summed E-state index contributed by atoms with van der Waals surface area (Å²) >= 11 is 0. The highest BCUT2D eigenvalue weighted by molar-refractivity contribution is 5.88. The molecule has 0 aliphatic carbocycles. The van der Waals surface area contributed by atoms with Gasteiger partial charge in [0.15, 0.2) is 11.5 Å². The van der Waals surface area contributed by atoms with Crippen molar-refractivity contribution in [2.24, 2.45) is 0 Å². The van der Waals surface area contributed by atoms with Crippen LogP contribution in [-0.2, 0) is 4.74 Å². The number of rotatable bonds is 6. The molecule has 2 heterocycles. The summed E-state index contributed by atoms with van der Waals surface area (Å²) in [5.74, 6) is -1.26. The fourth-order valence-corrected chi connectivity index (χ4v) is 3.99. The number of hydrogen-bond donors (Lipinski definition) is 1. The van der Waals surface area contributed by atoms with Crippen LogP contribution in [0.1, 0.15) is 34.7 Å². The molecular formula is C21H19F4NO5. The molecule has 1 fully saturated rings. The van der Waals surface area contributed by atoms with E-state index in [0.717, 1.165) is 5.56 Å². The number of ether oxygens (including phenoxy) is 3. The first kappa shape index (κ1) is 21.2. The lowest BCUT2D eigenvalue weighted by molar-refractivity contribution is -0.286. The molecule has 0 bridgehead atoms. The van der Waals surface area contributed by atoms with Gasteiger partial charge in [-0.3, -0.25) is 0 Å². The Kier molecular flexibility index (Phi) is 5.65. The van der Waals surface area contributed by atoms with Gasteiger partial charge in [-0.25, -0.2) is 4.79 Å². The largest absolute Gasteiger partial charge is 0.586 e. The van der Waals surface area contributed by atoms with Gasteiger partial charge < -0.3 is 24.2 Å². The lowest BCUT2D eigenvalue weighted by Gasteiger charge is -2.41. The van der Waals surface area contributed by atoms with Gasteiger partial charge in [0.05, 0.1) is 18.2 Å². The average Bonchev–Trinajstić information content (AvgIpc) is 3.05. The number of carbonyl (C=O) groups is 1. The topological polar surface area (TPSA) is 68.2 Å². The third kappa shape index (κ3) is 4.68. The van der Waals surface area contributed by atoms with E-state index < -0.39 is 18.9 Å². The minimum atomic E-state index is -3.71. The number of alkyl halides is 4. The molecule has 2 atom stereocenters. The first-order valence-electron chi connectivity index (χ1n) is 9.61. The summed E-state index contributed by atoms with van der Waals surface area (Å²) < 4.78 is 65.3. The van der Waals surface area contributed by atoms with E-state index in [1.807, 2.05) is 4.90 Å². The first-order chi connectivity index (χ1) is 14.7. The third-order valence-electron chi connectivity index (χ3n) is 5.46. The Bertz CT molecular complexity index is 953. The molecule has 1 saturated heterocycles. The number of nitrogens with zero attached hydrogens (tertiary/aromatic N) is 1. The molecule has 0 amide bonds. The maximum Gasteiger partial charge on any atom is 0.586 e. The van der Waals surface area contributed by atoms with Crippen molar-refractivity contribution in [3.63, 3.8) is 0 Å². The zero-order chi connectivity index (χ0) is 22.2. The quantitative estimate of drug-likeness (QED) is 0.656. The number of anilines is 1. The summed E-state index contributed by atoms with van der Waals surface area (Å²) in [4.78, 5) is 13.0. The minimum absolute atomic E-state index is 0.0473. The number of fused-ring (bicyclic) bond motifs is 1. The first-order valence-corrected chi connectivity index (χ1v) is 9.61. The molecule has 2 aliphatic rings. The molecular weight excluding hydrogens is 422 g/mol. The van der Waals surface area contributed by atoms with Crippen LogP contribution >= 0.6 is 0 Å². The summed E-state index contributed by atoms with van der Waals surface area (Å²) in [6.45, 7) is -2.69. The van der Waals surface area contributed by atoms with Gasteiger partial charge in [-0.1, -0.05) is 6.07 Å². The van der Waals surface area contributed by atoms with E-state index in [0.29, 0.717) is 25.1 Å². The molecule has 6 nitrogen and oxygen atoms in total. The highest BCUT2D eigenvalue weighted by Crippen LogP contribution is 2.43. The number of benzene rings is 2. The number of aromatic carboxylic acids is 1. The molecule has 31 heavy (non-hydrogen) atoms. The van der Waals surface area contributed by atoms with Gasteiger partial charge in [-0.15, -0.1) is 8.78 Å². The average molecular weight is 441 g/mol. The third-order valence-corrected chi connectivity index (χ3v) is 5.46. The number of hydrogen-bond acceptors (Lipinski definition) is 5. The summed E-state index contributed by atoms with van der Waals surface area (Å²) in [5.41, 5.74) is 1.51. The van der Waals surface area contributed by atoms with Crippen LogP contribution in [0.25, 0.3) is 0 Å². The molecule has 0 aromatic heterocycles. The number of halogens is 4. The van der Waals surface area contributed by atoms with Gasteiger partial charge in [0.1, 0.15) is 0 Å². The predicted octanol–water partition coefficient (Wildman–Crippen LogP) is 4.70. The van der Waals surface area contributed by atoms with E-state index >= 15 is 0 Å². The van der Waals surface area contributed by atoms with E-state index in [1.54, 1.807) is 18.2 Å². The lowest BCUT2D eigenvalue weighted by atomic mass is 9.87. The standard InChI is InChI=1S/C21H19F4NO5/c22-20(23)29-11-16-7-3-14(10-26(16)15-5-1-12(2-6-15)19(27)28)13-4-8-17-18(9-13)31-21(24,25)30-17/h1-2,4-6,8-9,14,16,20H,3,7,10-11H2,(H,27,28). The Balaban J connectivity index is 1.57. The van der Waals surface area contributed by atoms with Crippen LogP contribution in [-0.4, -0.2) is 43.2 Å². The van der Waals surface area contributed by atoms with Gasteiger partial charge in [-0.05, 0) is 54.8 Å². The molecule has 0 saturated carbocycles. The maximum absolute atomic E-state index is 13.3. The van der Waals surface area contributed by atoms with E-state index in [9.17, 15) is 22.4 Å². The van der Waals surface area contributed by atoms with Gasteiger partial charge in [0.2, 0.25) is 0 Å².